The van der Waals surface area contributed by atoms with Gasteiger partial charge in [0.25, 0.3) is 0 Å². The standard InChI is InChI=1S/C24H21ClF3N3O3/c25-21-14-18(24(26,27)28)15-29-22(21)33-19-6-8-20(9-7-19)34-23(32)31-12-10-30(11-13-31)16-17-4-2-1-3-5-17/h1-9,14-15H,10-13,16H2. The fourth-order valence-corrected chi connectivity index (χ4v) is 3.64. The zero-order valence-electron chi connectivity index (χ0n) is 18.0. The Kier molecular flexibility index (Phi) is 7.23. The lowest BCUT2D eigenvalue weighted by molar-refractivity contribution is -0.137. The van der Waals surface area contributed by atoms with Crippen LogP contribution in [0.15, 0.2) is 66.9 Å². The van der Waals surface area contributed by atoms with E-state index in [2.05, 4.69) is 22.0 Å². The van der Waals surface area contributed by atoms with Crippen molar-refractivity contribution >= 4 is 17.7 Å². The van der Waals surface area contributed by atoms with Crippen molar-refractivity contribution in [2.24, 2.45) is 0 Å². The molecular formula is C24H21ClF3N3O3. The van der Waals surface area contributed by atoms with Gasteiger partial charge >= 0.3 is 12.3 Å². The Labute approximate surface area is 199 Å². The van der Waals surface area contributed by atoms with Gasteiger partial charge in [0.2, 0.25) is 5.88 Å². The summed E-state index contributed by atoms with van der Waals surface area (Å²) in [5, 5.41) is -0.267. The van der Waals surface area contributed by atoms with Gasteiger partial charge in [-0.3, -0.25) is 4.90 Å². The van der Waals surface area contributed by atoms with Crippen LogP contribution in [-0.2, 0) is 12.7 Å². The molecule has 4 rings (SSSR count). The first kappa shape index (κ1) is 23.8. The first-order chi connectivity index (χ1) is 16.3. The zero-order valence-corrected chi connectivity index (χ0v) is 18.7. The number of benzene rings is 2. The Morgan fingerprint density at radius 2 is 1.62 bits per heavy atom. The van der Waals surface area contributed by atoms with Crippen LogP contribution in [0.4, 0.5) is 18.0 Å². The number of ether oxygens (including phenoxy) is 2. The molecule has 178 valence electrons. The molecule has 0 unspecified atom stereocenters. The summed E-state index contributed by atoms with van der Waals surface area (Å²) in [6.45, 7) is 3.45. The first-order valence-electron chi connectivity index (χ1n) is 10.5. The number of alkyl halides is 3. The highest BCUT2D eigenvalue weighted by molar-refractivity contribution is 6.31. The highest BCUT2D eigenvalue weighted by Crippen LogP contribution is 2.34. The summed E-state index contributed by atoms with van der Waals surface area (Å²) in [6, 6.07) is 17.0. The maximum absolute atomic E-state index is 12.7. The molecule has 6 nitrogen and oxygen atoms in total. The van der Waals surface area contributed by atoms with Gasteiger partial charge in [0.15, 0.2) is 0 Å². The van der Waals surface area contributed by atoms with Gasteiger partial charge < -0.3 is 14.4 Å². The lowest BCUT2D eigenvalue weighted by Gasteiger charge is -2.34. The minimum Gasteiger partial charge on any atom is -0.438 e. The Morgan fingerprint density at radius 1 is 0.971 bits per heavy atom. The molecule has 2 heterocycles. The monoisotopic (exact) mass is 491 g/mol. The molecule has 0 saturated carbocycles. The molecule has 1 aliphatic rings. The molecule has 0 atom stereocenters. The average molecular weight is 492 g/mol. The smallest absolute Gasteiger partial charge is 0.417 e. The van der Waals surface area contributed by atoms with E-state index in [1.165, 1.54) is 29.8 Å². The summed E-state index contributed by atoms with van der Waals surface area (Å²) in [6.07, 6.45) is -4.34. The van der Waals surface area contributed by atoms with Gasteiger partial charge in [-0.2, -0.15) is 13.2 Å². The Balaban J connectivity index is 1.28. The van der Waals surface area contributed by atoms with Crippen molar-refractivity contribution < 1.29 is 27.4 Å². The molecule has 1 fully saturated rings. The van der Waals surface area contributed by atoms with E-state index in [4.69, 9.17) is 21.1 Å². The van der Waals surface area contributed by atoms with E-state index < -0.39 is 17.8 Å². The number of carbonyl (C=O) groups is 1. The van der Waals surface area contributed by atoms with Crippen LogP contribution in [0.5, 0.6) is 17.4 Å². The number of piperazine rings is 1. The first-order valence-corrected chi connectivity index (χ1v) is 10.9. The number of amides is 1. The third kappa shape index (κ3) is 6.18. The number of pyridine rings is 1. The Morgan fingerprint density at radius 3 is 2.24 bits per heavy atom. The molecule has 1 saturated heterocycles. The highest BCUT2D eigenvalue weighted by atomic mass is 35.5. The van der Waals surface area contributed by atoms with Crippen LogP contribution in [0.3, 0.4) is 0 Å². The second-order valence-electron chi connectivity index (χ2n) is 7.70. The molecule has 2 aromatic carbocycles. The molecular weight excluding hydrogens is 471 g/mol. The molecule has 34 heavy (non-hydrogen) atoms. The fraction of sp³-hybridized carbons (Fsp3) is 0.250. The summed E-state index contributed by atoms with van der Waals surface area (Å²) >= 11 is 5.86. The number of halogens is 4. The summed E-state index contributed by atoms with van der Waals surface area (Å²) in [7, 11) is 0. The van der Waals surface area contributed by atoms with E-state index in [1.807, 2.05) is 18.2 Å². The predicted octanol–water partition coefficient (Wildman–Crippen LogP) is 5.86. The molecule has 3 aromatic rings. The summed E-state index contributed by atoms with van der Waals surface area (Å²) in [5.74, 6) is 0.437. The maximum Gasteiger partial charge on any atom is 0.417 e. The molecule has 10 heteroatoms. The number of nitrogens with zero attached hydrogens (tertiary/aromatic N) is 3. The predicted molar refractivity (Wildman–Crippen MR) is 120 cm³/mol. The van der Waals surface area contributed by atoms with Crippen LogP contribution in [-0.4, -0.2) is 47.1 Å². The number of rotatable bonds is 5. The van der Waals surface area contributed by atoms with Crippen molar-refractivity contribution in [3.8, 4) is 17.4 Å². The number of hydrogen-bond acceptors (Lipinski definition) is 5. The fourth-order valence-electron chi connectivity index (χ4n) is 3.44. The molecule has 0 N–H and O–H groups in total. The van der Waals surface area contributed by atoms with Crippen LogP contribution in [0.25, 0.3) is 0 Å². The van der Waals surface area contributed by atoms with Crippen molar-refractivity contribution in [3.63, 3.8) is 0 Å². The van der Waals surface area contributed by atoms with Crippen LogP contribution < -0.4 is 9.47 Å². The van der Waals surface area contributed by atoms with Gasteiger partial charge in [0.1, 0.15) is 16.5 Å². The summed E-state index contributed by atoms with van der Waals surface area (Å²) < 4.78 is 49.1. The topological polar surface area (TPSA) is 54.9 Å². The quantitative estimate of drug-likeness (QED) is 0.447. The van der Waals surface area contributed by atoms with Gasteiger partial charge in [-0.05, 0) is 35.9 Å². The zero-order chi connectivity index (χ0) is 24.1. The van der Waals surface area contributed by atoms with Gasteiger partial charge in [-0.15, -0.1) is 0 Å². The Bertz CT molecular complexity index is 1120. The van der Waals surface area contributed by atoms with Crippen LogP contribution in [0, 0.1) is 0 Å². The second-order valence-corrected chi connectivity index (χ2v) is 8.11. The Hall–Kier alpha value is -3.30. The average Bonchev–Trinajstić information content (AvgIpc) is 2.82. The normalized spacial score (nSPS) is 14.6. The minimum atomic E-state index is -4.55. The second kappa shape index (κ2) is 10.3. The number of carbonyl (C=O) groups excluding carboxylic acids is 1. The third-order valence-electron chi connectivity index (χ3n) is 5.26. The van der Waals surface area contributed by atoms with Crippen molar-refractivity contribution in [3.05, 3.63) is 83.0 Å². The van der Waals surface area contributed by atoms with Gasteiger partial charge in [-0.1, -0.05) is 41.9 Å². The molecule has 0 bridgehead atoms. The van der Waals surface area contributed by atoms with Crippen LogP contribution in [0.1, 0.15) is 11.1 Å². The van der Waals surface area contributed by atoms with E-state index in [0.717, 1.165) is 25.7 Å². The van der Waals surface area contributed by atoms with Gasteiger partial charge in [0, 0.05) is 38.9 Å². The van der Waals surface area contributed by atoms with Crippen molar-refractivity contribution in [1.82, 2.24) is 14.8 Å². The van der Waals surface area contributed by atoms with E-state index >= 15 is 0 Å². The molecule has 1 aromatic heterocycles. The molecule has 0 aliphatic carbocycles. The lowest BCUT2D eigenvalue weighted by atomic mass is 10.2. The van der Waals surface area contributed by atoms with Crippen molar-refractivity contribution in [2.45, 2.75) is 12.7 Å². The SMILES string of the molecule is O=C(Oc1ccc(Oc2ncc(C(F)(F)F)cc2Cl)cc1)N1CCN(Cc2ccccc2)CC1. The molecule has 1 amide bonds. The molecule has 0 spiro atoms. The minimum absolute atomic E-state index is 0.159. The van der Waals surface area contributed by atoms with Crippen LogP contribution >= 0.6 is 11.6 Å². The van der Waals surface area contributed by atoms with Gasteiger partial charge in [-0.25, -0.2) is 9.78 Å². The maximum atomic E-state index is 12.7. The van der Waals surface area contributed by atoms with E-state index in [9.17, 15) is 18.0 Å². The van der Waals surface area contributed by atoms with Crippen molar-refractivity contribution in [2.75, 3.05) is 26.2 Å². The number of aromatic nitrogens is 1. The van der Waals surface area contributed by atoms with E-state index in [-0.39, 0.29) is 16.7 Å². The highest BCUT2D eigenvalue weighted by Gasteiger charge is 2.32. The largest absolute Gasteiger partial charge is 0.438 e. The third-order valence-corrected chi connectivity index (χ3v) is 5.53. The van der Waals surface area contributed by atoms with E-state index in [1.54, 1.807) is 4.90 Å². The lowest BCUT2D eigenvalue weighted by Crippen LogP contribution is -2.49. The summed E-state index contributed by atoms with van der Waals surface area (Å²) in [5.41, 5.74) is 0.265. The summed E-state index contributed by atoms with van der Waals surface area (Å²) in [4.78, 5) is 20.1. The van der Waals surface area contributed by atoms with E-state index in [0.29, 0.717) is 25.0 Å². The molecule has 1 aliphatic heterocycles. The number of hydrogen-bond donors (Lipinski definition) is 0. The van der Waals surface area contributed by atoms with Gasteiger partial charge in [0.05, 0.1) is 5.56 Å². The van der Waals surface area contributed by atoms with Crippen LogP contribution in [0.2, 0.25) is 5.02 Å². The van der Waals surface area contributed by atoms with Crippen molar-refractivity contribution in [1.29, 1.82) is 0 Å². The molecule has 0 radical (unpaired) electrons.